The second-order valence-electron chi connectivity index (χ2n) is 7.69. The highest BCUT2D eigenvalue weighted by molar-refractivity contribution is 5.55. The van der Waals surface area contributed by atoms with Gasteiger partial charge in [-0.15, -0.1) is 0 Å². The van der Waals surface area contributed by atoms with Crippen molar-refractivity contribution < 1.29 is 40.1 Å². The van der Waals surface area contributed by atoms with Gasteiger partial charge in [-0.1, -0.05) is 36.4 Å². The summed E-state index contributed by atoms with van der Waals surface area (Å²) in [6.45, 7) is -0.437. The molecule has 0 fully saturated rings. The summed E-state index contributed by atoms with van der Waals surface area (Å²) >= 11 is 0. The number of aliphatic hydroxyl groups is 2. The number of benzene rings is 3. The van der Waals surface area contributed by atoms with E-state index in [9.17, 15) is 30.6 Å². The third-order valence-electron chi connectivity index (χ3n) is 5.61. The zero-order chi connectivity index (χ0) is 22.9. The minimum absolute atomic E-state index is 0.0826. The van der Waals surface area contributed by atoms with E-state index in [0.29, 0.717) is 5.56 Å². The first-order valence-corrected chi connectivity index (χ1v) is 10.1. The number of fused-ring (bicyclic) bond motifs is 1. The van der Waals surface area contributed by atoms with Gasteiger partial charge in [0.05, 0.1) is 18.8 Å². The van der Waals surface area contributed by atoms with E-state index in [-0.39, 0.29) is 48.2 Å². The van der Waals surface area contributed by atoms with Gasteiger partial charge in [0.15, 0.2) is 17.1 Å². The highest BCUT2D eigenvalue weighted by Crippen LogP contribution is 2.52. The Labute approximate surface area is 184 Å². The van der Waals surface area contributed by atoms with Gasteiger partial charge in [0.2, 0.25) is 0 Å². The molecule has 3 aromatic rings. The van der Waals surface area contributed by atoms with Gasteiger partial charge in [-0.05, 0) is 17.7 Å². The van der Waals surface area contributed by atoms with Gasteiger partial charge in [0.25, 0.3) is 0 Å². The number of ether oxygens (including phenoxy) is 2. The lowest BCUT2D eigenvalue weighted by Crippen LogP contribution is -2.53. The minimum atomic E-state index is -1.53. The lowest BCUT2D eigenvalue weighted by molar-refractivity contribution is -0.157. The van der Waals surface area contributed by atoms with E-state index < -0.39 is 23.6 Å². The maximum atomic E-state index is 11.6. The fourth-order valence-electron chi connectivity index (χ4n) is 4.14. The second-order valence-corrected chi connectivity index (χ2v) is 7.69. The molecule has 2 unspecified atom stereocenters. The van der Waals surface area contributed by atoms with Crippen LogP contribution in [0, 0.1) is 0 Å². The molecule has 8 heteroatoms. The van der Waals surface area contributed by atoms with Gasteiger partial charge in [0.1, 0.15) is 29.5 Å². The van der Waals surface area contributed by atoms with Crippen molar-refractivity contribution in [3.05, 3.63) is 77.4 Å². The molecule has 0 spiro atoms. The summed E-state index contributed by atoms with van der Waals surface area (Å²) in [4.78, 5) is 0. The van der Waals surface area contributed by atoms with Crippen LogP contribution in [-0.2, 0) is 16.8 Å². The molecule has 0 aliphatic carbocycles. The number of phenolic OH excluding ortho intramolecular Hbond substituents is 4. The summed E-state index contributed by atoms with van der Waals surface area (Å²) < 4.78 is 12.0. The van der Waals surface area contributed by atoms with Gasteiger partial charge in [-0.25, -0.2) is 0 Å². The highest BCUT2D eigenvalue weighted by atomic mass is 16.5. The van der Waals surface area contributed by atoms with Crippen molar-refractivity contribution in [2.75, 3.05) is 13.2 Å². The van der Waals surface area contributed by atoms with Crippen molar-refractivity contribution in [2.45, 2.75) is 24.2 Å². The van der Waals surface area contributed by atoms with Gasteiger partial charge in [-0.3, -0.25) is 0 Å². The molecule has 0 bridgehead atoms. The lowest BCUT2D eigenvalue weighted by atomic mass is 9.76. The first kappa shape index (κ1) is 21.8. The average Bonchev–Trinajstić information content (AvgIpc) is 2.76. The zero-order valence-electron chi connectivity index (χ0n) is 17.0. The molecule has 0 radical (unpaired) electrons. The largest absolute Gasteiger partial charge is 0.508 e. The molecule has 32 heavy (non-hydrogen) atoms. The predicted octanol–water partition coefficient (Wildman–Crippen LogP) is 2.45. The Morgan fingerprint density at radius 3 is 2.31 bits per heavy atom. The molecule has 3 atom stereocenters. The van der Waals surface area contributed by atoms with Gasteiger partial charge in [-0.2, -0.15) is 0 Å². The number of hydrogen-bond donors (Lipinski definition) is 6. The normalized spacial score (nSPS) is 22.2. The topological polar surface area (TPSA) is 140 Å². The summed E-state index contributed by atoms with van der Waals surface area (Å²) in [5, 5.41) is 61.4. The van der Waals surface area contributed by atoms with E-state index in [1.54, 1.807) is 0 Å². The molecular formula is C24H24O8. The quantitative estimate of drug-likeness (QED) is 0.321. The number of rotatable bonds is 6. The second kappa shape index (κ2) is 8.58. The third kappa shape index (κ3) is 3.80. The average molecular weight is 440 g/mol. The molecule has 0 saturated heterocycles. The maximum absolute atomic E-state index is 11.6. The van der Waals surface area contributed by atoms with E-state index in [2.05, 4.69) is 0 Å². The van der Waals surface area contributed by atoms with E-state index >= 15 is 0 Å². The van der Waals surface area contributed by atoms with Gasteiger partial charge in [0, 0.05) is 24.1 Å². The smallest absolute Gasteiger partial charge is 0.167 e. The molecule has 8 nitrogen and oxygen atoms in total. The van der Waals surface area contributed by atoms with Crippen LogP contribution >= 0.6 is 0 Å². The van der Waals surface area contributed by atoms with E-state index in [1.165, 1.54) is 24.3 Å². The van der Waals surface area contributed by atoms with Crippen molar-refractivity contribution in [3.8, 4) is 28.7 Å². The predicted molar refractivity (Wildman–Crippen MR) is 114 cm³/mol. The van der Waals surface area contributed by atoms with Crippen LogP contribution in [0.5, 0.6) is 28.7 Å². The van der Waals surface area contributed by atoms with E-state index in [1.807, 2.05) is 30.3 Å². The molecular weight excluding hydrogens is 416 g/mol. The molecule has 0 amide bonds. The molecule has 6 N–H and O–H groups in total. The van der Waals surface area contributed by atoms with Crippen molar-refractivity contribution in [3.63, 3.8) is 0 Å². The monoisotopic (exact) mass is 440 g/mol. The summed E-state index contributed by atoms with van der Waals surface area (Å²) in [5.74, 6) is -1.23. The van der Waals surface area contributed by atoms with Crippen LogP contribution < -0.4 is 4.74 Å². The van der Waals surface area contributed by atoms with Crippen molar-refractivity contribution in [1.82, 2.24) is 0 Å². The highest BCUT2D eigenvalue weighted by Gasteiger charge is 2.52. The summed E-state index contributed by atoms with van der Waals surface area (Å²) in [6, 6.07) is 15.7. The molecule has 0 saturated carbocycles. The fraction of sp³-hybridized carbons (Fsp3) is 0.250. The van der Waals surface area contributed by atoms with E-state index in [0.717, 1.165) is 11.6 Å². The number of phenols is 4. The SMILES string of the molecule is OCCOC1c2c(O)cc(O)cc2OC(Cc2ccccc2)(c2ccc(O)c(O)c2)[C@@H]1O. The number of hydrogen-bond acceptors (Lipinski definition) is 8. The Morgan fingerprint density at radius 1 is 0.875 bits per heavy atom. The van der Waals surface area contributed by atoms with Gasteiger partial charge >= 0.3 is 0 Å². The lowest BCUT2D eigenvalue weighted by Gasteiger charge is -2.46. The third-order valence-corrected chi connectivity index (χ3v) is 5.61. The summed E-state index contributed by atoms with van der Waals surface area (Å²) in [5.41, 5.74) is -0.251. The minimum Gasteiger partial charge on any atom is -0.508 e. The molecule has 1 aliphatic rings. The van der Waals surface area contributed by atoms with Gasteiger partial charge < -0.3 is 40.1 Å². The zero-order valence-corrected chi connectivity index (χ0v) is 17.0. The number of aliphatic hydroxyl groups excluding tert-OH is 2. The first-order valence-electron chi connectivity index (χ1n) is 10.1. The summed E-state index contributed by atoms with van der Waals surface area (Å²) in [7, 11) is 0. The number of aromatic hydroxyl groups is 4. The van der Waals surface area contributed by atoms with E-state index in [4.69, 9.17) is 9.47 Å². The molecule has 1 heterocycles. The Balaban J connectivity index is 1.94. The van der Waals surface area contributed by atoms with Crippen LogP contribution in [0.15, 0.2) is 60.7 Å². The Hall–Kier alpha value is -3.46. The van der Waals surface area contributed by atoms with Crippen LogP contribution in [-0.4, -0.2) is 50.0 Å². The fourth-order valence-corrected chi connectivity index (χ4v) is 4.14. The van der Waals surface area contributed by atoms with Crippen molar-refractivity contribution in [1.29, 1.82) is 0 Å². The Bertz CT molecular complexity index is 1100. The Morgan fingerprint density at radius 2 is 1.62 bits per heavy atom. The van der Waals surface area contributed by atoms with Crippen molar-refractivity contribution >= 4 is 0 Å². The van der Waals surface area contributed by atoms with Crippen LogP contribution in [0.3, 0.4) is 0 Å². The standard InChI is InChI=1S/C24H24O8/c25-8-9-31-22-21-19(29)11-16(26)12-20(21)32-24(23(22)30,13-14-4-2-1-3-5-14)15-6-7-17(27)18(28)10-15/h1-7,10-12,22-23,25-30H,8-9,13H2/t22?,23-,24?/m1/s1. The molecule has 3 aromatic carbocycles. The Kier molecular flexibility index (Phi) is 5.84. The molecule has 0 aromatic heterocycles. The summed E-state index contributed by atoms with van der Waals surface area (Å²) in [6.07, 6.45) is -2.39. The van der Waals surface area contributed by atoms with Crippen LogP contribution in [0.1, 0.15) is 22.8 Å². The van der Waals surface area contributed by atoms with Crippen LogP contribution in [0.25, 0.3) is 0 Å². The molecule has 4 rings (SSSR count). The van der Waals surface area contributed by atoms with Crippen molar-refractivity contribution in [2.24, 2.45) is 0 Å². The maximum Gasteiger partial charge on any atom is 0.167 e. The van der Waals surface area contributed by atoms with Crippen LogP contribution in [0.4, 0.5) is 0 Å². The first-order chi connectivity index (χ1) is 15.4. The molecule has 168 valence electrons. The van der Waals surface area contributed by atoms with Crippen LogP contribution in [0.2, 0.25) is 0 Å². The molecule has 1 aliphatic heterocycles.